The molecule has 0 aliphatic carbocycles. The average Bonchev–Trinajstić information content (AvgIpc) is 2.18. The van der Waals surface area contributed by atoms with E-state index in [1.54, 1.807) is 12.2 Å². The van der Waals surface area contributed by atoms with Gasteiger partial charge in [0.05, 0.1) is 6.61 Å². The molecule has 1 fully saturated rings. The molecule has 0 atom stereocenters. The van der Waals surface area contributed by atoms with E-state index in [-0.39, 0.29) is 12.5 Å². The summed E-state index contributed by atoms with van der Waals surface area (Å²) in [5.74, 6) is 0. The summed E-state index contributed by atoms with van der Waals surface area (Å²) < 4.78 is 16.6. The molecule has 1 rings (SSSR count). The highest BCUT2D eigenvalue weighted by molar-refractivity contribution is 6.53. The van der Waals surface area contributed by atoms with E-state index in [0.29, 0.717) is 25.5 Å². The SMILES string of the molecule is C=C/C=C(/OCC)B1OCC(C)(C)CO1. The molecule has 1 heterocycles. The first-order valence-corrected chi connectivity index (χ1v) is 5.27. The van der Waals surface area contributed by atoms with Crippen molar-refractivity contribution in [1.29, 1.82) is 0 Å². The third kappa shape index (κ3) is 3.72. The van der Waals surface area contributed by atoms with Gasteiger partial charge in [0, 0.05) is 18.6 Å². The molecule has 84 valence electrons. The molecule has 0 aromatic heterocycles. The molecule has 4 heteroatoms. The summed E-state index contributed by atoms with van der Waals surface area (Å²) in [5.41, 5.74) is 0.783. The largest absolute Gasteiger partial charge is 0.531 e. The summed E-state index contributed by atoms with van der Waals surface area (Å²) >= 11 is 0. The van der Waals surface area contributed by atoms with Crippen molar-refractivity contribution in [3.8, 4) is 0 Å². The molecule has 1 saturated heterocycles. The van der Waals surface area contributed by atoms with Crippen molar-refractivity contribution in [2.75, 3.05) is 19.8 Å². The molecule has 15 heavy (non-hydrogen) atoms. The first kappa shape index (κ1) is 12.3. The summed E-state index contributed by atoms with van der Waals surface area (Å²) in [7, 11) is -0.379. The summed E-state index contributed by atoms with van der Waals surface area (Å²) in [4.78, 5) is 0. The van der Waals surface area contributed by atoms with Gasteiger partial charge in [-0.3, -0.25) is 0 Å². The van der Waals surface area contributed by atoms with Crippen molar-refractivity contribution in [1.82, 2.24) is 0 Å². The Labute approximate surface area is 92.2 Å². The van der Waals surface area contributed by atoms with Crippen LogP contribution in [0.25, 0.3) is 0 Å². The van der Waals surface area contributed by atoms with Crippen molar-refractivity contribution >= 4 is 7.12 Å². The van der Waals surface area contributed by atoms with E-state index in [1.165, 1.54) is 0 Å². The van der Waals surface area contributed by atoms with Gasteiger partial charge in [-0.1, -0.05) is 26.5 Å². The first-order chi connectivity index (χ1) is 7.09. The highest BCUT2D eigenvalue weighted by atomic mass is 16.6. The smallest absolute Gasteiger partial charge is 0.502 e. The monoisotopic (exact) mass is 210 g/mol. The molecule has 0 N–H and O–H groups in total. The van der Waals surface area contributed by atoms with E-state index in [4.69, 9.17) is 14.0 Å². The van der Waals surface area contributed by atoms with Crippen LogP contribution in [-0.4, -0.2) is 26.9 Å². The number of rotatable bonds is 4. The van der Waals surface area contributed by atoms with Gasteiger partial charge in [-0.15, -0.1) is 0 Å². The van der Waals surface area contributed by atoms with Gasteiger partial charge in [-0.25, -0.2) is 0 Å². The van der Waals surface area contributed by atoms with Crippen LogP contribution < -0.4 is 0 Å². The quantitative estimate of drug-likeness (QED) is 0.404. The van der Waals surface area contributed by atoms with Crippen molar-refractivity contribution in [3.05, 3.63) is 24.4 Å². The van der Waals surface area contributed by atoms with Crippen LogP contribution in [0, 0.1) is 5.41 Å². The van der Waals surface area contributed by atoms with Crippen LogP contribution in [0.1, 0.15) is 20.8 Å². The van der Waals surface area contributed by atoms with Gasteiger partial charge in [0.15, 0.2) is 0 Å². The predicted octanol–water partition coefficient (Wildman–Crippen LogP) is 2.19. The van der Waals surface area contributed by atoms with E-state index in [1.807, 2.05) is 6.92 Å². The van der Waals surface area contributed by atoms with Crippen LogP contribution >= 0.6 is 0 Å². The molecule has 0 aromatic carbocycles. The standard InChI is InChI=1S/C11H19BO3/c1-5-7-10(13-6-2)12-14-8-11(3,4)9-15-12/h5,7H,1,6,8-9H2,2-4H3/b10-7+. The van der Waals surface area contributed by atoms with Gasteiger partial charge in [0.25, 0.3) is 0 Å². The molecule has 0 amide bonds. The van der Waals surface area contributed by atoms with Crippen molar-refractivity contribution < 1.29 is 14.0 Å². The fraction of sp³-hybridized carbons (Fsp3) is 0.636. The Balaban J connectivity index is 2.56. The minimum absolute atomic E-state index is 0.0853. The van der Waals surface area contributed by atoms with Crippen LogP contribution in [0.4, 0.5) is 0 Å². The Hall–Kier alpha value is -0.735. The molecule has 0 spiro atoms. The maximum absolute atomic E-state index is 5.60. The lowest BCUT2D eigenvalue weighted by Gasteiger charge is -2.33. The van der Waals surface area contributed by atoms with E-state index < -0.39 is 0 Å². The van der Waals surface area contributed by atoms with Crippen LogP contribution in [-0.2, 0) is 14.0 Å². The van der Waals surface area contributed by atoms with E-state index in [2.05, 4.69) is 20.4 Å². The molecular weight excluding hydrogens is 191 g/mol. The zero-order valence-corrected chi connectivity index (χ0v) is 9.79. The molecule has 0 radical (unpaired) electrons. The first-order valence-electron chi connectivity index (χ1n) is 5.27. The summed E-state index contributed by atoms with van der Waals surface area (Å²) in [6.45, 7) is 11.8. The maximum Gasteiger partial charge on any atom is 0.531 e. The van der Waals surface area contributed by atoms with Crippen molar-refractivity contribution in [2.24, 2.45) is 5.41 Å². The Morgan fingerprint density at radius 3 is 2.53 bits per heavy atom. The second-order valence-electron chi connectivity index (χ2n) is 4.36. The van der Waals surface area contributed by atoms with Gasteiger partial charge in [-0.05, 0) is 13.0 Å². The summed E-state index contributed by atoms with van der Waals surface area (Å²) in [5, 5.41) is 0. The van der Waals surface area contributed by atoms with Crippen molar-refractivity contribution in [3.63, 3.8) is 0 Å². The molecule has 0 bridgehead atoms. The van der Waals surface area contributed by atoms with Crippen molar-refractivity contribution in [2.45, 2.75) is 20.8 Å². The van der Waals surface area contributed by atoms with Crippen LogP contribution in [0.2, 0.25) is 0 Å². The Morgan fingerprint density at radius 1 is 1.47 bits per heavy atom. The highest BCUT2D eigenvalue weighted by Crippen LogP contribution is 2.24. The zero-order chi connectivity index (χ0) is 11.3. The van der Waals surface area contributed by atoms with Gasteiger partial charge in [-0.2, -0.15) is 0 Å². The molecule has 0 aromatic rings. The van der Waals surface area contributed by atoms with Gasteiger partial charge >= 0.3 is 7.12 Å². The number of hydrogen-bond donors (Lipinski definition) is 0. The molecule has 1 aliphatic heterocycles. The molecule has 0 saturated carbocycles. The maximum atomic E-state index is 5.60. The van der Waals surface area contributed by atoms with Gasteiger partial charge in [0.1, 0.15) is 5.66 Å². The van der Waals surface area contributed by atoms with Crippen LogP contribution in [0.3, 0.4) is 0 Å². The molecule has 3 nitrogen and oxygen atoms in total. The fourth-order valence-corrected chi connectivity index (χ4v) is 1.33. The lowest BCUT2D eigenvalue weighted by Crippen LogP contribution is -2.42. The summed E-state index contributed by atoms with van der Waals surface area (Å²) in [6.07, 6.45) is 3.46. The molecule has 1 aliphatic rings. The third-order valence-electron chi connectivity index (χ3n) is 2.08. The Bertz CT molecular complexity index is 238. The van der Waals surface area contributed by atoms with Gasteiger partial charge < -0.3 is 14.0 Å². The van der Waals surface area contributed by atoms with Crippen LogP contribution in [0.5, 0.6) is 0 Å². The highest BCUT2D eigenvalue weighted by Gasteiger charge is 2.35. The second kappa shape index (κ2) is 5.38. The number of allylic oxidation sites excluding steroid dienone is 2. The Kier molecular flexibility index (Phi) is 4.42. The predicted molar refractivity (Wildman–Crippen MR) is 61.3 cm³/mol. The molecular formula is C11H19BO3. The van der Waals surface area contributed by atoms with E-state index in [0.717, 1.165) is 0 Å². The minimum atomic E-state index is -0.379. The Morgan fingerprint density at radius 2 is 2.07 bits per heavy atom. The fourth-order valence-electron chi connectivity index (χ4n) is 1.33. The molecule has 0 unspecified atom stereocenters. The average molecular weight is 210 g/mol. The van der Waals surface area contributed by atoms with Gasteiger partial charge in [0.2, 0.25) is 0 Å². The topological polar surface area (TPSA) is 27.7 Å². The minimum Gasteiger partial charge on any atom is -0.502 e. The second-order valence-corrected chi connectivity index (χ2v) is 4.36. The lowest BCUT2D eigenvalue weighted by molar-refractivity contribution is 0.0240. The van der Waals surface area contributed by atoms with E-state index >= 15 is 0 Å². The van der Waals surface area contributed by atoms with E-state index in [9.17, 15) is 0 Å². The van der Waals surface area contributed by atoms with Crippen LogP contribution in [0.15, 0.2) is 24.4 Å². The lowest BCUT2D eigenvalue weighted by atomic mass is 9.81. The number of hydrogen-bond acceptors (Lipinski definition) is 3. The number of ether oxygens (including phenoxy) is 1. The normalized spacial score (nSPS) is 21.3. The zero-order valence-electron chi connectivity index (χ0n) is 9.79. The summed E-state index contributed by atoms with van der Waals surface area (Å²) in [6, 6.07) is 0. The third-order valence-corrected chi connectivity index (χ3v) is 2.08.